The number of carbonyl (C=O) groups is 2. The topological polar surface area (TPSA) is 86.6 Å². The van der Waals surface area contributed by atoms with Crippen molar-refractivity contribution in [3.05, 3.63) is 29.8 Å². The Kier molecular flexibility index (Phi) is 4.66. The van der Waals surface area contributed by atoms with E-state index in [1.165, 1.54) is 0 Å². The van der Waals surface area contributed by atoms with Crippen LogP contribution in [-0.2, 0) is 9.59 Å². The van der Waals surface area contributed by atoms with E-state index in [0.29, 0.717) is 11.3 Å². The molecule has 17 heavy (non-hydrogen) atoms. The second-order valence-electron chi connectivity index (χ2n) is 3.74. The Labute approximate surface area is 99.1 Å². The van der Waals surface area contributed by atoms with Crippen molar-refractivity contribution in [3.8, 4) is 0 Å². The van der Waals surface area contributed by atoms with Crippen molar-refractivity contribution in [1.82, 2.24) is 0 Å². The van der Waals surface area contributed by atoms with Crippen LogP contribution in [0.15, 0.2) is 24.3 Å². The van der Waals surface area contributed by atoms with E-state index in [-0.39, 0.29) is 18.7 Å². The Hall–Kier alpha value is -1.88. The molecule has 3 N–H and O–H groups in total. The Balaban J connectivity index is 2.59. The van der Waals surface area contributed by atoms with Gasteiger partial charge in [-0.25, -0.2) is 0 Å². The van der Waals surface area contributed by atoms with Crippen LogP contribution >= 0.6 is 0 Å². The number of hydrogen-bond acceptors (Lipinski definition) is 3. The molecule has 5 heteroatoms. The van der Waals surface area contributed by atoms with Gasteiger partial charge < -0.3 is 15.5 Å². The Bertz CT molecular complexity index is 415. The van der Waals surface area contributed by atoms with Gasteiger partial charge in [0.1, 0.15) is 0 Å². The predicted octanol–water partition coefficient (Wildman–Crippen LogP) is 1.54. The fourth-order valence-electron chi connectivity index (χ4n) is 1.32. The van der Waals surface area contributed by atoms with E-state index in [4.69, 9.17) is 5.11 Å². The fraction of sp³-hybridized carbons (Fsp3) is 0.333. The zero-order chi connectivity index (χ0) is 12.8. The van der Waals surface area contributed by atoms with Crippen LogP contribution in [0.3, 0.4) is 0 Å². The van der Waals surface area contributed by atoms with E-state index < -0.39 is 12.1 Å². The Morgan fingerprint density at radius 3 is 2.65 bits per heavy atom. The third kappa shape index (κ3) is 4.65. The molecular weight excluding hydrogens is 222 g/mol. The van der Waals surface area contributed by atoms with Crippen LogP contribution in [0, 0.1) is 0 Å². The van der Waals surface area contributed by atoms with Gasteiger partial charge in [-0.05, 0) is 24.6 Å². The van der Waals surface area contributed by atoms with Crippen LogP contribution in [-0.4, -0.2) is 22.1 Å². The van der Waals surface area contributed by atoms with Gasteiger partial charge in [0, 0.05) is 12.1 Å². The molecule has 1 rings (SSSR count). The SMILES string of the molecule is C[C@H](O)c1cccc(NC(=O)CCC(=O)O)c1. The summed E-state index contributed by atoms with van der Waals surface area (Å²) in [4.78, 5) is 21.6. The van der Waals surface area contributed by atoms with Gasteiger partial charge in [0.05, 0.1) is 12.5 Å². The fourth-order valence-corrected chi connectivity index (χ4v) is 1.32. The molecule has 0 aromatic heterocycles. The van der Waals surface area contributed by atoms with Gasteiger partial charge in [-0.1, -0.05) is 12.1 Å². The summed E-state index contributed by atoms with van der Waals surface area (Å²) >= 11 is 0. The summed E-state index contributed by atoms with van der Waals surface area (Å²) in [5, 5.41) is 20.4. The van der Waals surface area contributed by atoms with Crippen LogP contribution in [0.1, 0.15) is 31.4 Å². The van der Waals surface area contributed by atoms with Gasteiger partial charge in [0.2, 0.25) is 5.91 Å². The largest absolute Gasteiger partial charge is 0.481 e. The van der Waals surface area contributed by atoms with Crippen molar-refractivity contribution < 1.29 is 19.8 Å². The number of amides is 1. The number of hydrogen-bond donors (Lipinski definition) is 3. The summed E-state index contributed by atoms with van der Waals surface area (Å²) < 4.78 is 0. The molecule has 0 bridgehead atoms. The maximum Gasteiger partial charge on any atom is 0.303 e. The monoisotopic (exact) mass is 237 g/mol. The molecule has 0 heterocycles. The van der Waals surface area contributed by atoms with Gasteiger partial charge >= 0.3 is 5.97 Å². The van der Waals surface area contributed by atoms with Crippen molar-refractivity contribution >= 4 is 17.6 Å². The lowest BCUT2D eigenvalue weighted by Gasteiger charge is -2.08. The van der Waals surface area contributed by atoms with E-state index >= 15 is 0 Å². The highest BCUT2D eigenvalue weighted by Crippen LogP contribution is 2.17. The van der Waals surface area contributed by atoms with Crippen molar-refractivity contribution in [2.75, 3.05) is 5.32 Å². The number of rotatable bonds is 5. The van der Waals surface area contributed by atoms with Gasteiger partial charge in [-0.3, -0.25) is 9.59 Å². The highest BCUT2D eigenvalue weighted by atomic mass is 16.4. The van der Waals surface area contributed by atoms with Crippen LogP contribution in [0.2, 0.25) is 0 Å². The van der Waals surface area contributed by atoms with Crippen LogP contribution in [0.4, 0.5) is 5.69 Å². The van der Waals surface area contributed by atoms with E-state index in [1.807, 2.05) is 0 Å². The van der Waals surface area contributed by atoms with Crippen molar-refractivity contribution in [1.29, 1.82) is 0 Å². The first-order chi connectivity index (χ1) is 7.99. The summed E-state index contributed by atoms with van der Waals surface area (Å²) in [6, 6.07) is 6.81. The van der Waals surface area contributed by atoms with Gasteiger partial charge in [-0.15, -0.1) is 0 Å². The smallest absolute Gasteiger partial charge is 0.303 e. The molecule has 0 unspecified atom stereocenters. The number of carbonyl (C=O) groups excluding carboxylic acids is 1. The minimum atomic E-state index is -1.00. The summed E-state index contributed by atoms with van der Waals surface area (Å²) in [5.41, 5.74) is 1.25. The highest BCUT2D eigenvalue weighted by Gasteiger charge is 2.07. The maximum absolute atomic E-state index is 11.4. The first-order valence-electron chi connectivity index (χ1n) is 5.28. The predicted molar refractivity (Wildman–Crippen MR) is 62.6 cm³/mol. The molecule has 1 amide bonds. The van der Waals surface area contributed by atoms with Crippen molar-refractivity contribution in [2.24, 2.45) is 0 Å². The number of benzene rings is 1. The minimum Gasteiger partial charge on any atom is -0.481 e. The lowest BCUT2D eigenvalue weighted by atomic mass is 10.1. The standard InChI is InChI=1S/C12H15NO4/c1-8(14)9-3-2-4-10(7-9)13-11(15)5-6-12(16)17/h2-4,7-8,14H,5-6H2,1H3,(H,13,15)(H,16,17)/t8-/m0/s1. The van der Waals surface area contributed by atoms with Crippen molar-refractivity contribution in [2.45, 2.75) is 25.9 Å². The van der Waals surface area contributed by atoms with E-state index in [9.17, 15) is 14.7 Å². The number of aliphatic hydroxyl groups excluding tert-OH is 1. The number of aliphatic carboxylic acids is 1. The lowest BCUT2D eigenvalue weighted by molar-refractivity contribution is -0.138. The quantitative estimate of drug-likeness (QED) is 0.725. The lowest BCUT2D eigenvalue weighted by Crippen LogP contribution is -2.13. The van der Waals surface area contributed by atoms with Crippen LogP contribution in [0.25, 0.3) is 0 Å². The van der Waals surface area contributed by atoms with E-state index in [2.05, 4.69) is 5.32 Å². The van der Waals surface area contributed by atoms with Gasteiger partial charge in [-0.2, -0.15) is 0 Å². The molecular formula is C12H15NO4. The zero-order valence-electron chi connectivity index (χ0n) is 9.51. The average Bonchev–Trinajstić information content (AvgIpc) is 2.26. The Morgan fingerprint density at radius 2 is 2.06 bits per heavy atom. The molecule has 92 valence electrons. The Morgan fingerprint density at radius 1 is 1.35 bits per heavy atom. The third-order valence-electron chi connectivity index (χ3n) is 2.22. The number of aliphatic hydroxyl groups is 1. The molecule has 0 aliphatic carbocycles. The van der Waals surface area contributed by atoms with Crippen LogP contribution < -0.4 is 5.32 Å². The second-order valence-corrected chi connectivity index (χ2v) is 3.74. The molecule has 0 saturated heterocycles. The molecule has 5 nitrogen and oxygen atoms in total. The van der Waals surface area contributed by atoms with Crippen molar-refractivity contribution in [3.63, 3.8) is 0 Å². The molecule has 0 aliphatic rings. The van der Waals surface area contributed by atoms with Crippen LogP contribution in [0.5, 0.6) is 0 Å². The number of carboxylic acid groups (broad SMARTS) is 1. The molecule has 0 aliphatic heterocycles. The number of carboxylic acids is 1. The maximum atomic E-state index is 11.4. The molecule has 1 aromatic carbocycles. The highest BCUT2D eigenvalue weighted by molar-refractivity contribution is 5.92. The van der Waals surface area contributed by atoms with Gasteiger partial charge in [0.25, 0.3) is 0 Å². The molecule has 1 atom stereocenters. The summed E-state index contributed by atoms with van der Waals surface area (Å²) in [5.74, 6) is -1.35. The van der Waals surface area contributed by atoms with E-state index in [0.717, 1.165) is 0 Å². The minimum absolute atomic E-state index is 0.0613. The first kappa shape index (κ1) is 13.2. The van der Waals surface area contributed by atoms with E-state index in [1.54, 1.807) is 31.2 Å². The molecule has 1 aromatic rings. The summed E-state index contributed by atoms with van der Waals surface area (Å²) in [6.45, 7) is 1.63. The summed E-state index contributed by atoms with van der Waals surface area (Å²) in [7, 11) is 0. The zero-order valence-corrected chi connectivity index (χ0v) is 9.51. The molecule has 0 fully saturated rings. The molecule has 0 saturated carbocycles. The number of nitrogens with one attached hydrogen (secondary N) is 1. The molecule has 0 radical (unpaired) electrons. The number of anilines is 1. The molecule has 0 spiro atoms. The normalized spacial score (nSPS) is 11.9. The van der Waals surface area contributed by atoms with Gasteiger partial charge in [0.15, 0.2) is 0 Å². The summed E-state index contributed by atoms with van der Waals surface area (Å²) in [6.07, 6.45) is -0.859. The average molecular weight is 237 g/mol. The third-order valence-corrected chi connectivity index (χ3v) is 2.22. The first-order valence-corrected chi connectivity index (χ1v) is 5.28. The second kappa shape index (κ2) is 6.00.